The average molecular weight is 287 g/mol. The molecule has 0 aliphatic heterocycles. The van der Waals surface area contributed by atoms with E-state index in [-0.39, 0.29) is 23.0 Å². The van der Waals surface area contributed by atoms with Gasteiger partial charge in [-0.15, -0.1) is 0 Å². The summed E-state index contributed by atoms with van der Waals surface area (Å²) in [5, 5.41) is 13.4. The number of nitrogens with zero attached hydrogens (tertiary/aromatic N) is 1. The molecule has 0 heterocycles. The van der Waals surface area contributed by atoms with Crippen molar-refractivity contribution in [2.45, 2.75) is 6.92 Å². The van der Waals surface area contributed by atoms with Gasteiger partial charge in [0.15, 0.2) is 5.75 Å². The summed E-state index contributed by atoms with van der Waals surface area (Å²) in [5.41, 5.74) is 6.14. The zero-order valence-electron chi connectivity index (χ0n) is 11.2. The predicted octanol–water partition coefficient (Wildman–Crippen LogP) is 2.93. The maximum atomic E-state index is 11.1. The summed E-state index contributed by atoms with van der Waals surface area (Å²) in [6, 6.07) is 10.7. The number of benzene rings is 2. The number of hydrogen-bond acceptors (Lipinski definition) is 5. The molecule has 0 spiro atoms. The number of para-hydroxylation sites is 2. The first-order valence-corrected chi connectivity index (χ1v) is 6.05. The van der Waals surface area contributed by atoms with Gasteiger partial charge in [-0.1, -0.05) is 12.1 Å². The van der Waals surface area contributed by atoms with E-state index < -0.39 is 4.92 Å². The standard InChI is InChI=1S/C14H13N3O4/c1-9(18)16-13-4-2-3-5-14(13)21-12-7-10(15)6-11(8-12)17(19)20/h2-8H,15H2,1H3,(H,16,18). The zero-order valence-corrected chi connectivity index (χ0v) is 11.2. The first kappa shape index (κ1) is 14.3. The number of nitrogens with one attached hydrogen (secondary N) is 1. The molecular weight excluding hydrogens is 274 g/mol. The Bertz CT molecular complexity index is 700. The van der Waals surface area contributed by atoms with Crippen molar-refractivity contribution in [1.29, 1.82) is 0 Å². The van der Waals surface area contributed by atoms with Crippen molar-refractivity contribution in [3.8, 4) is 11.5 Å². The molecule has 0 aliphatic carbocycles. The fraction of sp³-hybridized carbons (Fsp3) is 0.0714. The van der Waals surface area contributed by atoms with Crippen LogP contribution in [0, 0.1) is 10.1 Å². The van der Waals surface area contributed by atoms with E-state index in [4.69, 9.17) is 10.5 Å². The first-order chi connectivity index (χ1) is 9.95. The minimum atomic E-state index is -0.553. The molecule has 21 heavy (non-hydrogen) atoms. The molecule has 0 bridgehead atoms. The van der Waals surface area contributed by atoms with Gasteiger partial charge < -0.3 is 15.8 Å². The van der Waals surface area contributed by atoms with E-state index in [0.717, 1.165) is 0 Å². The maximum absolute atomic E-state index is 11.1. The van der Waals surface area contributed by atoms with Crippen molar-refractivity contribution >= 4 is 23.0 Å². The van der Waals surface area contributed by atoms with Crippen molar-refractivity contribution in [3.63, 3.8) is 0 Å². The van der Waals surface area contributed by atoms with Crippen LogP contribution in [-0.2, 0) is 4.79 Å². The van der Waals surface area contributed by atoms with E-state index in [1.165, 1.54) is 25.1 Å². The van der Waals surface area contributed by atoms with Crippen LogP contribution in [0.3, 0.4) is 0 Å². The van der Waals surface area contributed by atoms with Crippen LogP contribution in [0.15, 0.2) is 42.5 Å². The molecule has 1 amide bonds. The molecule has 0 unspecified atom stereocenters. The van der Waals surface area contributed by atoms with Crippen molar-refractivity contribution < 1.29 is 14.5 Å². The molecule has 0 saturated carbocycles. The Hall–Kier alpha value is -3.09. The van der Waals surface area contributed by atoms with Gasteiger partial charge >= 0.3 is 0 Å². The molecular formula is C14H13N3O4. The van der Waals surface area contributed by atoms with Gasteiger partial charge in [0.05, 0.1) is 16.7 Å². The normalized spacial score (nSPS) is 9.95. The third kappa shape index (κ3) is 3.69. The summed E-state index contributed by atoms with van der Waals surface area (Å²) in [5.74, 6) is 0.344. The summed E-state index contributed by atoms with van der Waals surface area (Å²) in [7, 11) is 0. The highest BCUT2D eigenvalue weighted by molar-refractivity contribution is 5.90. The lowest BCUT2D eigenvalue weighted by Gasteiger charge is -2.11. The van der Waals surface area contributed by atoms with Crippen LogP contribution in [0.4, 0.5) is 17.1 Å². The summed E-state index contributed by atoms with van der Waals surface area (Å²) in [6.45, 7) is 1.38. The van der Waals surface area contributed by atoms with E-state index >= 15 is 0 Å². The average Bonchev–Trinajstić information content (AvgIpc) is 2.39. The second kappa shape index (κ2) is 5.91. The Morgan fingerprint density at radius 1 is 1.29 bits per heavy atom. The quantitative estimate of drug-likeness (QED) is 0.510. The molecule has 108 valence electrons. The predicted molar refractivity (Wildman–Crippen MR) is 78.3 cm³/mol. The van der Waals surface area contributed by atoms with Crippen LogP contribution in [-0.4, -0.2) is 10.8 Å². The lowest BCUT2D eigenvalue weighted by atomic mass is 10.2. The van der Waals surface area contributed by atoms with Gasteiger partial charge in [0.1, 0.15) is 5.75 Å². The van der Waals surface area contributed by atoms with Gasteiger partial charge in [-0.05, 0) is 12.1 Å². The number of carbonyl (C=O) groups is 1. The van der Waals surface area contributed by atoms with Crippen molar-refractivity contribution in [2.24, 2.45) is 0 Å². The van der Waals surface area contributed by atoms with Gasteiger partial charge in [-0.3, -0.25) is 14.9 Å². The molecule has 0 aliphatic rings. The minimum absolute atomic E-state index is 0.165. The molecule has 2 aromatic rings. The number of nitro groups is 1. The monoisotopic (exact) mass is 287 g/mol. The van der Waals surface area contributed by atoms with E-state index in [1.54, 1.807) is 24.3 Å². The number of amides is 1. The molecule has 0 fully saturated rings. The fourth-order valence-electron chi connectivity index (χ4n) is 1.75. The Kier molecular flexibility index (Phi) is 4.03. The number of non-ortho nitro benzene ring substituents is 1. The maximum Gasteiger partial charge on any atom is 0.275 e. The van der Waals surface area contributed by atoms with Crippen LogP contribution in [0.2, 0.25) is 0 Å². The number of nitro benzene ring substituents is 1. The SMILES string of the molecule is CC(=O)Nc1ccccc1Oc1cc(N)cc([N+](=O)[O-])c1. The lowest BCUT2D eigenvalue weighted by molar-refractivity contribution is -0.384. The Morgan fingerprint density at radius 2 is 2.00 bits per heavy atom. The third-order valence-electron chi connectivity index (χ3n) is 2.55. The van der Waals surface area contributed by atoms with E-state index in [2.05, 4.69) is 5.32 Å². The van der Waals surface area contributed by atoms with E-state index in [1.807, 2.05) is 0 Å². The van der Waals surface area contributed by atoms with Crippen molar-refractivity contribution in [2.75, 3.05) is 11.1 Å². The van der Waals surface area contributed by atoms with E-state index in [0.29, 0.717) is 11.4 Å². The number of nitrogen functional groups attached to an aromatic ring is 1. The zero-order chi connectivity index (χ0) is 15.4. The van der Waals surface area contributed by atoms with Gasteiger partial charge in [-0.2, -0.15) is 0 Å². The van der Waals surface area contributed by atoms with E-state index in [9.17, 15) is 14.9 Å². The summed E-state index contributed by atoms with van der Waals surface area (Å²) >= 11 is 0. The van der Waals surface area contributed by atoms with Crippen LogP contribution in [0.1, 0.15) is 6.92 Å². The number of nitrogens with two attached hydrogens (primary N) is 1. The largest absolute Gasteiger partial charge is 0.455 e. The number of rotatable bonds is 4. The van der Waals surface area contributed by atoms with Crippen LogP contribution in [0.5, 0.6) is 11.5 Å². The van der Waals surface area contributed by atoms with Gasteiger partial charge in [0.2, 0.25) is 5.91 Å². The van der Waals surface area contributed by atoms with Crippen LogP contribution >= 0.6 is 0 Å². The number of hydrogen-bond donors (Lipinski definition) is 2. The Morgan fingerprint density at radius 3 is 2.67 bits per heavy atom. The number of ether oxygens (including phenoxy) is 1. The first-order valence-electron chi connectivity index (χ1n) is 6.05. The smallest absolute Gasteiger partial charge is 0.275 e. The summed E-state index contributed by atoms with van der Waals surface area (Å²) in [6.07, 6.45) is 0. The second-order valence-corrected chi connectivity index (χ2v) is 4.30. The molecule has 0 aromatic heterocycles. The molecule has 7 heteroatoms. The van der Waals surface area contributed by atoms with Gasteiger partial charge in [-0.25, -0.2) is 0 Å². The fourth-order valence-corrected chi connectivity index (χ4v) is 1.75. The molecule has 3 N–H and O–H groups in total. The van der Waals surface area contributed by atoms with Crippen molar-refractivity contribution in [1.82, 2.24) is 0 Å². The Labute approximate surface area is 120 Å². The third-order valence-corrected chi connectivity index (χ3v) is 2.55. The highest BCUT2D eigenvalue weighted by atomic mass is 16.6. The lowest BCUT2D eigenvalue weighted by Crippen LogP contribution is -2.06. The minimum Gasteiger partial charge on any atom is -0.455 e. The Balaban J connectivity index is 2.34. The van der Waals surface area contributed by atoms with Crippen LogP contribution < -0.4 is 15.8 Å². The molecule has 0 radical (unpaired) electrons. The van der Waals surface area contributed by atoms with Crippen LogP contribution in [0.25, 0.3) is 0 Å². The number of anilines is 2. The second-order valence-electron chi connectivity index (χ2n) is 4.30. The number of carbonyl (C=O) groups excluding carboxylic acids is 1. The summed E-state index contributed by atoms with van der Waals surface area (Å²) in [4.78, 5) is 21.4. The molecule has 0 saturated heterocycles. The van der Waals surface area contributed by atoms with Gasteiger partial charge in [0.25, 0.3) is 5.69 Å². The molecule has 2 rings (SSSR count). The molecule has 2 aromatic carbocycles. The summed E-state index contributed by atoms with van der Waals surface area (Å²) < 4.78 is 5.58. The van der Waals surface area contributed by atoms with Gasteiger partial charge in [0, 0.05) is 24.7 Å². The highest BCUT2D eigenvalue weighted by Gasteiger charge is 2.11. The topological polar surface area (TPSA) is 107 Å². The van der Waals surface area contributed by atoms with Crippen molar-refractivity contribution in [3.05, 3.63) is 52.6 Å². The molecule has 7 nitrogen and oxygen atoms in total. The highest BCUT2D eigenvalue weighted by Crippen LogP contribution is 2.32. The molecule has 0 atom stereocenters.